The van der Waals surface area contributed by atoms with Crippen LogP contribution in [0.4, 0.5) is 0 Å². The monoisotopic (exact) mass is 164 g/mol. The average Bonchev–Trinajstić information content (AvgIpc) is 2.06. The van der Waals surface area contributed by atoms with Crippen molar-refractivity contribution in [3.05, 3.63) is 24.3 Å². The molecule has 12 heavy (non-hydrogen) atoms. The van der Waals surface area contributed by atoms with Gasteiger partial charge in [0.05, 0.1) is 0 Å². The summed E-state index contributed by atoms with van der Waals surface area (Å²) in [5.74, 6) is 1.73. The van der Waals surface area contributed by atoms with E-state index in [0.717, 1.165) is 11.8 Å². The van der Waals surface area contributed by atoms with Crippen molar-refractivity contribution in [1.29, 1.82) is 0 Å². The van der Waals surface area contributed by atoms with Crippen LogP contribution in [0.5, 0.6) is 0 Å². The van der Waals surface area contributed by atoms with E-state index in [1.807, 2.05) is 0 Å². The third kappa shape index (κ3) is 2.51. The second-order valence-electron chi connectivity index (χ2n) is 4.09. The second-order valence-corrected chi connectivity index (χ2v) is 4.09. The van der Waals surface area contributed by atoms with Gasteiger partial charge >= 0.3 is 0 Å². The summed E-state index contributed by atoms with van der Waals surface area (Å²) in [5, 5.41) is 0. The van der Waals surface area contributed by atoms with Crippen LogP contribution in [0.3, 0.4) is 0 Å². The Morgan fingerprint density at radius 2 is 2.50 bits per heavy atom. The number of rotatable bonds is 3. The van der Waals surface area contributed by atoms with Gasteiger partial charge in [-0.05, 0) is 44.4 Å². The topological polar surface area (TPSA) is 0 Å². The fourth-order valence-corrected chi connectivity index (χ4v) is 1.96. The van der Waals surface area contributed by atoms with Gasteiger partial charge in [0.15, 0.2) is 0 Å². The van der Waals surface area contributed by atoms with Gasteiger partial charge in [-0.15, -0.1) is 6.58 Å². The predicted octanol–water partition coefficient (Wildman–Crippen LogP) is 3.95. The molecule has 0 fully saturated rings. The van der Waals surface area contributed by atoms with Crippen LogP contribution >= 0.6 is 0 Å². The zero-order valence-corrected chi connectivity index (χ0v) is 8.34. The van der Waals surface area contributed by atoms with E-state index in [0.29, 0.717) is 0 Å². The number of hydrogen-bond donors (Lipinski definition) is 0. The maximum absolute atomic E-state index is 3.80. The molecule has 0 unspecified atom stereocenters. The first kappa shape index (κ1) is 9.57. The maximum atomic E-state index is 3.80. The van der Waals surface area contributed by atoms with Crippen molar-refractivity contribution in [3.63, 3.8) is 0 Å². The lowest BCUT2D eigenvalue weighted by atomic mass is 9.80. The first-order valence-corrected chi connectivity index (χ1v) is 5.00. The van der Waals surface area contributed by atoms with Crippen molar-refractivity contribution >= 4 is 0 Å². The van der Waals surface area contributed by atoms with Crippen molar-refractivity contribution in [3.8, 4) is 0 Å². The molecule has 0 heteroatoms. The molecule has 1 aliphatic rings. The Labute approximate surface area is 76.4 Å². The molecule has 0 aromatic heterocycles. The molecular weight excluding hydrogens is 144 g/mol. The van der Waals surface area contributed by atoms with Crippen molar-refractivity contribution in [2.45, 2.75) is 39.5 Å². The van der Waals surface area contributed by atoms with E-state index in [1.54, 1.807) is 5.57 Å². The molecule has 0 radical (unpaired) electrons. The van der Waals surface area contributed by atoms with Crippen LogP contribution < -0.4 is 0 Å². The summed E-state index contributed by atoms with van der Waals surface area (Å²) in [6.07, 6.45) is 9.63. The van der Waals surface area contributed by atoms with Crippen molar-refractivity contribution in [1.82, 2.24) is 0 Å². The van der Waals surface area contributed by atoms with Gasteiger partial charge in [-0.1, -0.05) is 24.6 Å². The highest BCUT2D eigenvalue weighted by Crippen LogP contribution is 2.30. The van der Waals surface area contributed by atoms with Gasteiger partial charge in [0.1, 0.15) is 0 Å². The highest BCUT2D eigenvalue weighted by atomic mass is 14.2. The summed E-state index contributed by atoms with van der Waals surface area (Å²) in [4.78, 5) is 0. The summed E-state index contributed by atoms with van der Waals surface area (Å²) in [5.41, 5.74) is 1.58. The normalized spacial score (nSPS) is 26.2. The maximum Gasteiger partial charge on any atom is -0.0317 e. The van der Waals surface area contributed by atoms with Crippen LogP contribution in [0, 0.1) is 11.8 Å². The van der Waals surface area contributed by atoms with Crippen LogP contribution in [0.15, 0.2) is 24.3 Å². The second kappa shape index (κ2) is 4.49. The minimum atomic E-state index is 0.826. The molecule has 0 nitrogen and oxygen atoms in total. The Morgan fingerprint density at radius 1 is 1.75 bits per heavy atom. The highest BCUT2D eigenvalue weighted by Gasteiger charge is 2.17. The molecule has 0 N–H and O–H groups in total. The van der Waals surface area contributed by atoms with Gasteiger partial charge in [-0.25, -0.2) is 0 Å². The minimum Gasteiger partial charge on any atom is -0.103 e. The Balaban J connectivity index is 2.39. The van der Waals surface area contributed by atoms with E-state index < -0.39 is 0 Å². The van der Waals surface area contributed by atoms with Gasteiger partial charge < -0.3 is 0 Å². The molecule has 0 saturated carbocycles. The Bertz CT molecular complexity index is 176. The van der Waals surface area contributed by atoms with E-state index in [2.05, 4.69) is 32.6 Å². The largest absolute Gasteiger partial charge is 0.103 e. The van der Waals surface area contributed by atoms with Gasteiger partial charge in [-0.2, -0.15) is 0 Å². The molecule has 0 heterocycles. The smallest absolute Gasteiger partial charge is 0.0317 e. The van der Waals surface area contributed by atoms with Gasteiger partial charge in [0.25, 0.3) is 0 Å². The quantitative estimate of drug-likeness (QED) is 0.554. The molecule has 2 atom stereocenters. The van der Waals surface area contributed by atoms with E-state index in [-0.39, 0.29) is 0 Å². The summed E-state index contributed by atoms with van der Waals surface area (Å²) in [6, 6.07) is 0. The van der Waals surface area contributed by atoms with Gasteiger partial charge in [0, 0.05) is 0 Å². The average molecular weight is 164 g/mol. The number of allylic oxidation sites excluding steroid dienone is 3. The molecule has 0 bridgehead atoms. The molecule has 0 aromatic rings. The zero-order chi connectivity index (χ0) is 8.97. The van der Waals surface area contributed by atoms with E-state index in [1.165, 1.54) is 25.7 Å². The Morgan fingerprint density at radius 3 is 3.00 bits per heavy atom. The molecule has 0 spiro atoms. The number of hydrogen-bond acceptors (Lipinski definition) is 0. The van der Waals surface area contributed by atoms with E-state index >= 15 is 0 Å². The van der Waals surface area contributed by atoms with E-state index in [4.69, 9.17) is 0 Å². The fourth-order valence-electron chi connectivity index (χ4n) is 1.96. The highest BCUT2D eigenvalue weighted by molar-refractivity contribution is 5.03. The van der Waals surface area contributed by atoms with Crippen molar-refractivity contribution < 1.29 is 0 Å². The van der Waals surface area contributed by atoms with Crippen LogP contribution in [0.1, 0.15) is 39.5 Å². The van der Waals surface area contributed by atoms with Crippen LogP contribution in [0.25, 0.3) is 0 Å². The van der Waals surface area contributed by atoms with Gasteiger partial charge in [-0.3, -0.25) is 0 Å². The lowest BCUT2D eigenvalue weighted by Crippen LogP contribution is -2.13. The molecule has 0 saturated heterocycles. The molecule has 0 amide bonds. The summed E-state index contributed by atoms with van der Waals surface area (Å²) < 4.78 is 0. The first-order chi connectivity index (χ1) is 5.74. The Kier molecular flexibility index (Phi) is 3.58. The van der Waals surface area contributed by atoms with Gasteiger partial charge in [0.2, 0.25) is 0 Å². The fraction of sp³-hybridized carbons (Fsp3) is 0.667. The minimum absolute atomic E-state index is 0.826. The Hall–Kier alpha value is -0.520. The predicted molar refractivity (Wildman–Crippen MR) is 55.1 cm³/mol. The third-order valence-corrected chi connectivity index (χ3v) is 3.02. The lowest BCUT2D eigenvalue weighted by Gasteiger charge is -2.25. The first-order valence-electron chi connectivity index (χ1n) is 5.00. The SMILES string of the molecule is C=CC[C@@H](C)[C@H]1CC=C(C)CC1. The standard InChI is InChI=1S/C12H20/c1-4-5-11(3)12-8-6-10(2)7-9-12/h4,6,11-12H,1,5,7-9H2,2-3H3/t11-,12+/m1/s1. The molecule has 0 aromatic carbocycles. The molecule has 0 aliphatic heterocycles. The molecule has 1 rings (SSSR count). The summed E-state index contributed by atoms with van der Waals surface area (Å²) >= 11 is 0. The summed E-state index contributed by atoms with van der Waals surface area (Å²) in [6.45, 7) is 8.39. The van der Waals surface area contributed by atoms with Crippen molar-refractivity contribution in [2.75, 3.05) is 0 Å². The lowest BCUT2D eigenvalue weighted by molar-refractivity contribution is 0.330. The summed E-state index contributed by atoms with van der Waals surface area (Å²) in [7, 11) is 0. The van der Waals surface area contributed by atoms with E-state index in [9.17, 15) is 0 Å². The third-order valence-electron chi connectivity index (χ3n) is 3.02. The van der Waals surface area contributed by atoms with Crippen LogP contribution in [0.2, 0.25) is 0 Å². The zero-order valence-electron chi connectivity index (χ0n) is 8.34. The molecule has 1 aliphatic carbocycles. The van der Waals surface area contributed by atoms with Crippen LogP contribution in [-0.4, -0.2) is 0 Å². The molecular formula is C12H20. The van der Waals surface area contributed by atoms with Crippen LogP contribution in [-0.2, 0) is 0 Å². The molecule has 68 valence electrons. The van der Waals surface area contributed by atoms with Crippen molar-refractivity contribution in [2.24, 2.45) is 11.8 Å².